The standard InChI is InChI=1S/C49H40N2O2/c1-4-48(5-2)43-31-34(50-3)20-23-41(43)45-39-16-10-11-17-40(39)47-42(46(45)48)24-25-49(53-47,33-18-21-35(22-19-33)51-26-28-52-29-27-51)44-30-32-12-6-7-13-36(32)37-14-8-9-15-38(37)44/h6-25,30-31H,4-5,26-29H2,1-2H3. The molecule has 0 spiro atoms. The number of benzene rings is 7. The third-order valence-electron chi connectivity index (χ3n) is 12.4. The molecule has 53 heavy (non-hydrogen) atoms. The van der Waals surface area contributed by atoms with Crippen molar-refractivity contribution in [3.05, 3.63) is 167 Å². The Labute approximate surface area is 310 Å². The molecule has 2 aliphatic heterocycles. The Morgan fingerprint density at radius 1 is 0.698 bits per heavy atom. The summed E-state index contributed by atoms with van der Waals surface area (Å²) in [6.45, 7) is 15.7. The van der Waals surface area contributed by atoms with E-state index in [0.29, 0.717) is 5.69 Å². The number of fused-ring (bicyclic) bond motifs is 11. The van der Waals surface area contributed by atoms with Crippen molar-refractivity contribution in [3.8, 4) is 16.9 Å². The van der Waals surface area contributed by atoms with Crippen molar-refractivity contribution in [2.24, 2.45) is 0 Å². The van der Waals surface area contributed by atoms with Gasteiger partial charge in [-0.25, -0.2) is 4.85 Å². The first kappa shape index (κ1) is 31.8. The molecule has 0 bridgehead atoms. The molecule has 7 aromatic carbocycles. The fourth-order valence-electron chi connectivity index (χ4n) is 9.76. The van der Waals surface area contributed by atoms with Gasteiger partial charge in [-0.2, -0.15) is 0 Å². The van der Waals surface area contributed by atoms with E-state index in [9.17, 15) is 0 Å². The molecular weight excluding hydrogens is 649 g/mol. The highest BCUT2D eigenvalue weighted by molar-refractivity contribution is 6.11. The molecule has 4 nitrogen and oxygen atoms in total. The highest BCUT2D eigenvalue weighted by Crippen LogP contribution is 2.61. The topological polar surface area (TPSA) is 26.1 Å². The summed E-state index contributed by atoms with van der Waals surface area (Å²) in [5.41, 5.74) is 9.18. The van der Waals surface area contributed by atoms with Crippen LogP contribution in [0.15, 0.2) is 127 Å². The summed E-state index contributed by atoms with van der Waals surface area (Å²) in [6, 6.07) is 43.9. The van der Waals surface area contributed by atoms with Crippen LogP contribution in [0.5, 0.6) is 5.75 Å². The van der Waals surface area contributed by atoms with Gasteiger partial charge in [-0.05, 0) is 86.3 Å². The van der Waals surface area contributed by atoms with Gasteiger partial charge < -0.3 is 14.4 Å². The number of hydrogen-bond donors (Lipinski definition) is 0. The lowest BCUT2D eigenvalue weighted by Crippen LogP contribution is -2.37. The van der Waals surface area contributed by atoms with E-state index in [1.54, 1.807) is 0 Å². The van der Waals surface area contributed by atoms with E-state index in [-0.39, 0.29) is 5.41 Å². The van der Waals surface area contributed by atoms with Gasteiger partial charge in [0.05, 0.1) is 19.8 Å². The molecule has 0 N–H and O–H groups in total. The van der Waals surface area contributed by atoms with Crippen molar-refractivity contribution in [1.29, 1.82) is 0 Å². The summed E-state index contributed by atoms with van der Waals surface area (Å²) in [7, 11) is 0. The Balaban J connectivity index is 1.27. The van der Waals surface area contributed by atoms with Crippen LogP contribution in [-0.4, -0.2) is 26.3 Å². The maximum Gasteiger partial charge on any atom is 0.187 e. The van der Waals surface area contributed by atoms with Crippen molar-refractivity contribution in [2.75, 3.05) is 31.2 Å². The summed E-state index contributed by atoms with van der Waals surface area (Å²) in [6.07, 6.45) is 6.54. The predicted molar refractivity (Wildman–Crippen MR) is 218 cm³/mol. The summed E-state index contributed by atoms with van der Waals surface area (Å²) < 4.78 is 13.5. The van der Waals surface area contributed by atoms with Crippen molar-refractivity contribution in [2.45, 2.75) is 37.7 Å². The molecule has 10 rings (SSSR count). The molecule has 0 amide bonds. The average Bonchev–Trinajstić information content (AvgIpc) is 3.53. The quantitative estimate of drug-likeness (QED) is 0.133. The SMILES string of the molecule is [C-]#[N+]c1ccc2c(c1)C(CC)(CC)c1c3c(c4ccccc4c1-2)OC(c1ccc(N2CCOCC2)cc1)(c1cc2ccccc2c2ccccc12)C=C3. The third kappa shape index (κ3) is 4.51. The number of ether oxygens (including phenoxy) is 2. The van der Waals surface area contributed by atoms with Crippen LogP contribution in [0.2, 0.25) is 0 Å². The second-order valence-electron chi connectivity index (χ2n) is 14.7. The zero-order chi connectivity index (χ0) is 35.7. The molecule has 0 saturated carbocycles. The minimum atomic E-state index is -0.916. The maximum atomic E-state index is 7.87. The van der Waals surface area contributed by atoms with Crippen LogP contribution in [0.3, 0.4) is 0 Å². The Bertz CT molecular complexity index is 2670. The molecule has 1 atom stereocenters. The first-order valence-corrected chi connectivity index (χ1v) is 18.9. The molecule has 7 aromatic rings. The molecule has 4 heteroatoms. The van der Waals surface area contributed by atoms with Crippen molar-refractivity contribution < 1.29 is 9.47 Å². The molecule has 3 aliphatic rings. The molecule has 0 radical (unpaired) electrons. The molecule has 1 saturated heterocycles. The van der Waals surface area contributed by atoms with Gasteiger partial charge in [0.1, 0.15) is 5.75 Å². The van der Waals surface area contributed by atoms with E-state index < -0.39 is 5.60 Å². The van der Waals surface area contributed by atoms with Gasteiger partial charge in [-0.15, -0.1) is 0 Å². The number of rotatable bonds is 5. The lowest BCUT2D eigenvalue weighted by Gasteiger charge is -2.40. The number of hydrogen-bond acceptors (Lipinski definition) is 3. The van der Waals surface area contributed by atoms with Crippen LogP contribution in [0.25, 0.3) is 54.4 Å². The van der Waals surface area contributed by atoms with Gasteiger partial charge in [0.25, 0.3) is 0 Å². The molecular formula is C49H40N2O2. The third-order valence-corrected chi connectivity index (χ3v) is 12.4. The van der Waals surface area contributed by atoms with E-state index in [2.05, 4.69) is 151 Å². The summed E-state index contributed by atoms with van der Waals surface area (Å²) >= 11 is 0. The van der Waals surface area contributed by atoms with Crippen LogP contribution in [0.4, 0.5) is 11.4 Å². The fourth-order valence-corrected chi connectivity index (χ4v) is 9.76. The normalized spacial score (nSPS) is 18.4. The van der Waals surface area contributed by atoms with Crippen LogP contribution in [0.1, 0.15) is 54.5 Å². The molecule has 258 valence electrons. The Morgan fingerprint density at radius 3 is 2.11 bits per heavy atom. The number of nitrogens with zero attached hydrogens (tertiary/aromatic N) is 2. The van der Waals surface area contributed by atoms with E-state index in [0.717, 1.165) is 67.0 Å². The van der Waals surface area contributed by atoms with E-state index >= 15 is 0 Å². The minimum Gasteiger partial charge on any atom is -0.472 e. The summed E-state index contributed by atoms with van der Waals surface area (Å²) in [5, 5.41) is 7.12. The highest BCUT2D eigenvalue weighted by atomic mass is 16.5. The second kappa shape index (κ2) is 12.1. The maximum absolute atomic E-state index is 7.87. The van der Waals surface area contributed by atoms with Crippen molar-refractivity contribution in [1.82, 2.24) is 0 Å². The van der Waals surface area contributed by atoms with E-state index in [1.165, 1.54) is 54.9 Å². The lowest BCUT2D eigenvalue weighted by atomic mass is 9.71. The van der Waals surface area contributed by atoms with Crippen LogP contribution >= 0.6 is 0 Å². The Morgan fingerprint density at radius 2 is 1.38 bits per heavy atom. The lowest BCUT2D eigenvalue weighted by molar-refractivity contribution is 0.122. The monoisotopic (exact) mass is 688 g/mol. The zero-order valence-corrected chi connectivity index (χ0v) is 30.2. The van der Waals surface area contributed by atoms with Crippen molar-refractivity contribution >= 4 is 49.8 Å². The van der Waals surface area contributed by atoms with Crippen LogP contribution in [0, 0.1) is 6.57 Å². The van der Waals surface area contributed by atoms with Gasteiger partial charge in [0, 0.05) is 46.3 Å². The first-order chi connectivity index (χ1) is 26.1. The number of anilines is 1. The molecule has 0 aromatic heterocycles. The zero-order valence-electron chi connectivity index (χ0n) is 30.2. The van der Waals surface area contributed by atoms with Gasteiger partial charge in [0.2, 0.25) is 0 Å². The van der Waals surface area contributed by atoms with E-state index in [4.69, 9.17) is 16.0 Å². The van der Waals surface area contributed by atoms with Crippen molar-refractivity contribution in [3.63, 3.8) is 0 Å². The predicted octanol–water partition coefficient (Wildman–Crippen LogP) is 12.0. The molecule has 1 unspecified atom stereocenters. The average molecular weight is 689 g/mol. The Hall–Kier alpha value is -5.89. The van der Waals surface area contributed by atoms with Gasteiger partial charge in [-0.3, -0.25) is 0 Å². The van der Waals surface area contributed by atoms with Crippen LogP contribution < -0.4 is 9.64 Å². The van der Waals surface area contributed by atoms with E-state index in [1.807, 2.05) is 6.07 Å². The smallest absolute Gasteiger partial charge is 0.187 e. The largest absolute Gasteiger partial charge is 0.472 e. The Kier molecular flexibility index (Phi) is 7.25. The van der Waals surface area contributed by atoms with Crippen LogP contribution in [-0.2, 0) is 15.8 Å². The van der Waals surface area contributed by atoms with Gasteiger partial charge in [0.15, 0.2) is 11.3 Å². The minimum absolute atomic E-state index is 0.247. The first-order valence-electron chi connectivity index (χ1n) is 18.9. The highest BCUT2D eigenvalue weighted by Gasteiger charge is 2.47. The van der Waals surface area contributed by atoms with Gasteiger partial charge >= 0.3 is 0 Å². The van der Waals surface area contributed by atoms with Gasteiger partial charge in [-0.1, -0.05) is 123 Å². The summed E-state index contributed by atoms with van der Waals surface area (Å²) in [5.74, 6) is 0.917. The molecule has 1 aliphatic carbocycles. The summed E-state index contributed by atoms with van der Waals surface area (Å²) in [4.78, 5) is 6.27. The molecule has 2 heterocycles. The second-order valence-corrected chi connectivity index (χ2v) is 14.7. The fraction of sp³-hybridized carbons (Fsp3) is 0.204. The number of morpholine rings is 1. The molecule has 1 fully saturated rings.